The van der Waals surface area contributed by atoms with Gasteiger partial charge in [0.2, 0.25) is 0 Å². The highest BCUT2D eigenvalue weighted by Crippen LogP contribution is 2.30. The number of aliphatic hydroxyl groups excluding tert-OH is 1. The number of para-hydroxylation sites is 1. The number of aliphatic hydroxyl groups is 1. The third-order valence-corrected chi connectivity index (χ3v) is 4.74. The van der Waals surface area contributed by atoms with Gasteiger partial charge in [0.15, 0.2) is 0 Å². The van der Waals surface area contributed by atoms with E-state index >= 15 is 0 Å². The zero-order valence-electron chi connectivity index (χ0n) is 15.2. The topological polar surface area (TPSA) is 60.0 Å². The summed E-state index contributed by atoms with van der Waals surface area (Å²) < 4.78 is 17.1. The lowest BCUT2D eigenvalue weighted by Gasteiger charge is -2.32. The van der Waals surface area contributed by atoms with E-state index < -0.39 is 0 Å². The van der Waals surface area contributed by atoms with Crippen molar-refractivity contribution < 1.29 is 19.3 Å². The molecule has 2 unspecified atom stereocenters. The Morgan fingerprint density at radius 1 is 1.12 bits per heavy atom. The Kier molecular flexibility index (Phi) is 6.89. The van der Waals surface area contributed by atoms with Crippen molar-refractivity contribution in [1.82, 2.24) is 5.32 Å². The maximum atomic E-state index is 8.85. The fraction of sp³-hybridized carbons (Fsp3) is 0.429. The summed E-state index contributed by atoms with van der Waals surface area (Å²) in [4.78, 5) is 0. The fourth-order valence-corrected chi connectivity index (χ4v) is 3.38. The van der Waals surface area contributed by atoms with Crippen molar-refractivity contribution >= 4 is 0 Å². The maximum absolute atomic E-state index is 8.85. The molecule has 0 saturated carbocycles. The molecule has 5 heteroatoms. The molecule has 5 nitrogen and oxygen atoms in total. The van der Waals surface area contributed by atoms with Crippen LogP contribution >= 0.6 is 0 Å². The SMILES string of the molecule is COc1ccccc1COC1CNCCC1c1ccc(OCCO)cc1. The third-order valence-electron chi connectivity index (χ3n) is 4.74. The number of nitrogens with one attached hydrogen (secondary N) is 1. The number of hydrogen-bond acceptors (Lipinski definition) is 5. The van der Waals surface area contributed by atoms with Gasteiger partial charge in [-0.3, -0.25) is 0 Å². The zero-order chi connectivity index (χ0) is 18.2. The van der Waals surface area contributed by atoms with Gasteiger partial charge in [-0.1, -0.05) is 30.3 Å². The average Bonchev–Trinajstić information content (AvgIpc) is 2.71. The minimum absolute atomic E-state index is 0.0227. The Morgan fingerprint density at radius 3 is 2.69 bits per heavy atom. The van der Waals surface area contributed by atoms with Crippen LogP contribution in [0.25, 0.3) is 0 Å². The van der Waals surface area contributed by atoms with Crippen LogP contribution in [0.2, 0.25) is 0 Å². The van der Waals surface area contributed by atoms with Crippen LogP contribution in [0.3, 0.4) is 0 Å². The molecule has 3 rings (SSSR count). The van der Waals surface area contributed by atoms with E-state index in [4.69, 9.17) is 19.3 Å². The molecule has 1 heterocycles. The number of rotatable bonds is 8. The van der Waals surface area contributed by atoms with Gasteiger partial charge in [0.05, 0.1) is 26.4 Å². The predicted molar refractivity (Wildman–Crippen MR) is 101 cm³/mol. The van der Waals surface area contributed by atoms with Gasteiger partial charge in [0, 0.05) is 18.0 Å². The van der Waals surface area contributed by atoms with Crippen LogP contribution < -0.4 is 14.8 Å². The summed E-state index contributed by atoms with van der Waals surface area (Å²) in [6.45, 7) is 2.70. The zero-order valence-corrected chi connectivity index (χ0v) is 15.2. The second-order valence-electron chi connectivity index (χ2n) is 6.40. The van der Waals surface area contributed by atoms with Crippen molar-refractivity contribution in [2.24, 2.45) is 0 Å². The van der Waals surface area contributed by atoms with Crippen LogP contribution in [-0.4, -0.2) is 44.6 Å². The summed E-state index contributed by atoms with van der Waals surface area (Å²) in [6, 6.07) is 16.1. The highest BCUT2D eigenvalue weighted by molar-refractivity contribution is 5.33. The van der Waals surface area contributed by atoms with Crippen molar-refractivity contribution in [3.05, 3.63) is 59.7 Å². The van der Waals surface area contributed by atoms with E-state index in [2.05, 4.69) is 17.4 Å². The molecule has 26 heavy (non-hydrogen) atoms. The molecule has 2 aromatic carbocycles. The summed E-state index contributed by atoms with van der Waals surface area (Å²) in [6.07, 6.45) is 1.14. The van der Waals surface area contributed by atoms with Crippen molar-refractivity contribution in [1.29, 1.82) is 0 Å². The van der Waals surface area contributed by atoms with Crippen LogP contribution in [0.15, 0.2) is 48.5 Å². The van der Waals surface area contributed by atoms with Gasteiger partial charge >= 0.3 is 0 Å². The van der Waals surface area contributed by atoms with Crippen LogP contribution in [0.1, 0.15) is 23.5 Å². The Labute approximate surface area is 154 Å². The van der Waals surface area contributed by atoms with Gasteiger partial charge in [0.1, 0.15) is 18.1 Å². The molecule has 2 aromatic rings. The molecule has 140 valence electrons. The number of benzene rings is 2. The smallest absolute Gasteiger partial charge is 0.124 e. The first kappa shape index (κ1) is 18.7. The minimum Gasteiger partial charge on any atom is -0.496 e. The van der Waals surface area contributed by atoms with Crippen LogP contribution in [-0.2, 0) is 11.3 Å². The van der Waals surface area contributed by atoms with Crippen LogP contribution in [0.5, 0.6) is 11.5 Å². The van der Waals surface area contributed by atoms with Gasteiger partial charge in [-0.2, -0.15) is 0 Å². The van der Waals surface area contributed by atoms with E-state index in [0.717, 1.165) is 36.6 Å². The van der Waals surface area contributed by atoms with Gasteiger partial charge < -0.3 is 24.6 Å². The fourth-order valence-electron chi connectivity index (χ4n) is 3.38. The first-order chi connectivity index (χ1) is 12.8. The van der Waals surface area contributed by atoms with Gasteiger partial charge in [-0.05, 0) is 36.7 Å². The van der Waals surface area contributed by atoms with E-state index in [1.807, 2.05) is 36.4 Å². The van der Waals surface area contributed by atoms with Crippen molar-refractivity contribution in [3.63, 3.8) is 0 Å². The molecule has 1 aliphatic rings. The Balaban J connectivity index is 1.65. The van der Waals surface area contributed by atoms with E-state index in [1.165, 1.54) is 5.56 Å². The molecule has 2 N–H and O–H groups in total. The third kappa shape index (κ3) is 4.75. The first-order valence-electron chi connectivity index (χ1n) is 9.09. The van der Waals surface area contributed by atoms with Crippen LogP contribution in [0.4, 0.5) is 0 Å². The molecule has 0 amide bonds. The Bertz CT molecular complexity index is 674. The molecular formula is C21H27NO4. The molecule has 2 atom stereocenters. The largest absolute Gasteiger partial charge is 0.496 e. The average molecular weight is 357 g/mol. The number of hydrogen-bond donors (Lipinski definition) is 2. The molecule has 1 fully saturated rings. The van der Waals surface area contributed by atoms with E-state index in [-0.39, 0.29) is 12.7 Å². The van der Waals surface area contributed by atoms with Gasteiger partial charge in [-0.15, -0.1) is 0 Å². The predicted octanol–water partition coefficient (Wildman–Crippen LogP) is 2.73. The van der Waals surface area contributed by atoms with Crippen molar-refractivity contribution in [2.75, 3.05) is 33.4 Å². The highest BCUT2D eigenvalue weighted by atomic mass is 16.5. The lowest BCUT2D eigenvalue weighted by molar-refractivity contribution is 0.00982. The molecule has 0 spiro atoms. The summed E-state index contributed by atoms with van der Waals surface area (Å²) in [5.41, 5.74) is 2.32. The number of ether oxygens (including phenoxy) is 3. The molecule has 1 aliphatic heterocycles. The molecule has 0 aliphatic carbocycles. The first-order valence-corrected chi connectivity index (χ1v) is 9.09. The minimum atomic E-state index is 0.0227. The van der Waals surface area contributed by atoms with Crippen molar-refractivity contribution in [3.8, 4) is 11.5 Å². The molecule has 0 radical (unpaired) electrons. The Morgan fingerprint density at radius 2 is 1.92 bits per heavy atom. The molecule has 0 aromatic heterocycles. The summed E-state index contributed by atoms with van der Waals surface area (Å²) in [5.74, 6) is 1.99. The van der Waals surface area contributed by atoms with E-state index in [1.54, 1.807) is 7.11 Å². The lowest BCUT2D eigenvalue weighted by atomic mass is 9.87. The van der Waals surface area contributed by atoms with E-state index in [9.17, 15) is 0 Å². The standard InChI is InChI=1S/C21H27NO4/c1-24-20-5-3-2-4-17(20)15-26-21-14-22-11-10-19(21)16-6-8-18(9-7-16)25-13-12-23/h2-9,19,21-23H,10-15H2,1H3. The summed E-state index contributed by atoms with van der Waals surface area (Å²) in [7, 11) is 1.68. The summed E-state index contributed by atoms with van der Waals surface area (Å²) in [5, 5.41) is 12.3. The van der Waals surface area contributed by atoms with Crippen molar-refractivity contribution in [2.45, 2.75) is 25.0 Å². The maximum Gasteiger partial charge on any atom is 0.124 e. The lowest BCUT2D eigenvalue weighted by Crippen LogP contribution is -2.40. The number of methoxy groups -OCH3 is 1. The quantitative estimate of drug-likeness (QED) is 0.761. The monoisotopic (exact) mass is 357 g/mol. The summed E-state index contributed by atoms with van der Waals surface area (Å²) >= 11 is 0. The molecule has 0 bridgehead atoms. The van der Waals surface area contributed by atoms with Gasteiger partial charge in [-0.25, -0.2) is 0 Å². The number of piperidine rings is 1. The normalized spacial score (nSPS) is 19.9. The van der Waals surface area contributed by atoms with Gasteiger partial charge in [0.25, 0.3) is 0 Å². The second kappa shape index (κ2) is 9.57. The second-order valence-corrected chi connectivity index (χ2v) is 6.40. The highest BCUT2D eigenvalue weighted by Gasteiger charge is 2.27. The molecule has 1 saturated heterocycles. The molecular weight excluding hydrogens is 330 g/mol. The van der Waals surface area contributed by atoms with E-state index in [0.29, 0.717) is 19.1 Å². The Hall–Kier alpha value is -2.08. The van der Waals surface area contributed by atoms with Crippen LogP contribution in [0, 0.1) is 0 Å².